The van der Waals surface area contributed by atoms with Crippen LogP contribution in [0.3, 0.4) is 0 Å². The van der Waals surface area contributed by atoms with Crippen LogP contribution in [0.1, 0.15) is 27.0 Å². The van der Waals surface area contributed by atoms with E-state index in [4.69, 9.17) is 4.74 Å². The quantitative estimate of drug-likeness (QED) is 0.870. The Morgan fingerprint density at radius 1 is 1.04 bits per heavy atom. The molecule has 0 bridgehead atoms. The van der Waals surface area contributed by atoms with Gasteiger partial charge in [-0.3, -0.25) is 4.79 Å². The zero-order valence-electron chi connectivity index (χ0n) is 15.9. The molecule has 7 heteroatoms. The Hall–Kier alpha value is -2.38. The second-order valence-corrected chi connectivity index (χ2v) is 8.49. The van der Waals surface area contributed by atoms with E-state index in [0.717, 1.165) is 21.0 Å². The first-order valence-corrected chi connectivity index (χ1v) is 9.51. The summed E-state index contributed by atoms with van der Waals surface area (Å²) in [6.07, 6.45) is 0. The number of nitrogens with one attached hydrogen (secondary N) is 1. The van der Waals surface area contributed by atoms with E-state index in [0.29, 0.717) is 17.0 Å². The molecule has 0 atom stereocenters. The van der Waals surface area contributed by atoms with Crippen molar-refractivity contribution in [1.82, 2.24) is 4.31 Å². The number of hydrogen-bond acceptors (Lipinski definition) is 4. The molecule has 140 valence electrons. The molecule has 0 unspecified atom stereocenters. The van der Waals surface area contributed by atoms with Gasteiger partial charge in [-0.15, -0.1) is 0 Å². The Morgan fingerprint density at radius 2 is 1.69 bits per heavy atom. The number of aryl methyl sites for hydroxylation is 2. The summed E-state index contributed by atoms with van der Waals surface area (Å²) in [4.78, 5) is 12.8. The maximum atomic E-state index is 12.6. The summed E-state index contributed by atoms with van der Waals surface area (Å²) < 4.78 is 31.2. The minimum atomic E-state index is -3.59. The van der Waals surface area contributed by atoms with E-state index in [9.17, 15) is 13.2 Å². The summed E-state index contributed by atoms with van der Waals surface area (Å²) in [5.41, 5.74) is 3.43. The first kappa shape index (κ1) is 19.9. The van der Waals surface area contributed by atoms with E-state index in [2.05, 4.69) is 5.32 Å². The summed E-state index contributed by atoms with van der Waals surface area (Å²) in [5.74, 6) is 0.291. The molecule has 0 aliphatic carbocycles. The molecule has 1 N–H and O–H groups in total. The third kappa shape index (κ3) is 3.89. The molecule has 0 aliphatic rings. The zero-order valence-corrected chi connectivity index (χ0v) is 16.7. The van der Waals surface area contributed by atoms with Gasteiger partial charge in [0.2, 0.25) is 10.0 Å². The molecule has 0 saturated carbocycles. The van der Waals surface area contributed by atoms with E-state index < -0.39 is 10.0 Å². The van der Waals surface area contributed by atoms with Crippen LogP contribution in [-0.4, -0.2) is 39.8 Å². The Morgan fingerprint density at radius 3 is 2.27 bits per heavy atom. The fraction of sp³-hybridized carbons (Fsp3) is 0.316. The van der Waals surface area contributed by atoms with Gasteiger partial charge in [-0.05, 0) is 61.7 Å². The SMILES string of the molecule is COc1cc(C(=O)Nc2cc(S(=O)(=O)N(C)C)cc(C)c2C)ccc1C. The van der Waals surface area contributed by atoms with Crippen molar-refractivity contribution in [1.29, 1.82) is 0 Å². The minimum Gasteiger partial charge on any atom is -0.496 e. The number of ether oxygens (including phenoxy) is 1. The van der Waals surface area contributed by atoms with E-state index >= 15 is 0 Å². The van der Waals surface area contributed by atoms with Gasteiger partial charge in [0.05, 0.1) is 12.0 Å². The number of rotatable bonds is 5. The van der Waals surface area contributed by atoms with Gasteiger partial charge in [0.15, 0.2) is 0 Å². The smallest absolute Gasteiger partial charge is 0.255 e. The molecule has 6 nitrogen and oxygen atoms in total. The molecule has 2 rings (SSSR count). The van der Waals surface area contributed by atoms with Gasteiger partial charge < -0.3 is 10.1 Å². The third-order valence-corrected chi connectivity index (χ3v) is 6.13. The number of anilines is 1. The highest BCUT2D eigenvalue weighted by atomic mass is 32.2. The summed E-state index contributed by atoms with van der Waals surface area (Å²) >= 11 is 0. The van der Waals surface area contributed by atoms with Crippen LogP contribution < -0.4 is 10.1 Å². The molecular formula is C19H24N2O4S. The third-order valence-electron chi connectivity index (χ3n) is 4.34. The van der Waals surface area contributed by atoms with Crippen molar-refractivity contribution in [3.05, 3.63) is 52.6 Å². The fourth-order valence-corrected chi connectivity index (χ4v) is 3.49. The lowest BCUT2D eigenvalue weighted by Gasteiger charge is -2.16. The van der Waals surface area contributed by atoms with Gasteiger partial charge in [0.25, 0.3) is 5.91 Å². The van der Waals surface area contributed by atoms with Crippen molar-refractivity contribution in [3.8, 4) is 5.75 Å². The summed E-state index contributed by atoms with van der Waals surface area (Å²) in [6, 6.07) is 8.26. The fourth-order valence-electron chi connectivity index (χ4n) is 2.47. The topological polar surface area (TPSA) is 75.7 Å². The molecule has 1 amide bonds. The predicted octanol–water partition coefficient (Wildman–Crippen LogP) is 3.12. The molecule has 0 aromatic heterocycles. The van der Waals surface area contributed by atoms with Crippen LogP contribution in [0.15, 0.2) is 35.2 Å². The lowest BCUT2D eigenvalue weighted by Crippen LogP contribution is -2.23. The monoisotopic (exact) mass is 376 g/mol. The van der Waals surface area contributed by atoms with Gasteiger partial charge in [-0.25, -0.2) is 12.7 Å². The minimum absolute atomic E-state index is 0.141. The average Bonchev–Trinajstić information content (AvgIpc) is 2.58. The highest BCUT2D eigenvalue weighted by Gasteiger charge is 2.20. The van der Waals surface area contributed by atoms with Crippen molar-refractivity contribution in [3.63, 3.8) is 0 Å². The Bertz CT molecular complexity index is 950. The van der Waals surface area contributed by atoms with Crippen LogP contribution in [0.4, 0.5) is 5.69 Å². The van der Waals surface area contributed by atoms with E-state index in [1.807, 2.05) is 20.8 Å². The molecular weight excluding hydrogens is 352 g/mol. The van der Waals surface area contributed by atoms with Crippen LogP contribution in [0.2, 0.25) is 0 Å². The van der Waals surface area contributed by atoms with Crippen molar-refractivity contribution >= 4 is 21.6 Å². The van der Waals surface area contributed by atoms with Gasteiger partial charge in [0.1, 0.15) is 5.75 Å². The standard InChI is InChI=1S/C19H24N2O4S/c1-12-7-8-15(10-18(12)25-6)19(22)20-17-11-16(9-13(2)14(17)3)26(23,24)21(4)5/h7-11H,1-6H3,(H,20,22). The predicted molar refractivity (Wildman–Crippen MR) is 102 cm³/mol. The van der Waals surface area contributed by atoms with E-state index in [-0.39, 0.29) is 10.8 Å². The van der Waals surface area contributed by atoms with Crippen molar-refractivity contribution in [2.24, 2.45) is 0 Å². The highest BCUT2D eigenvalue weighted by Crippen LogP contribution is 2.26. The van der Waals surface area contributed by atoms with Crippen LogP contribution in [-0.2, 0) is 10.0 Å². The maximum absolute atomic E-state index is 12.6. The molecule has 0 saturated heterocycles. The summed E-state index contributed by atoms with van der Waals surface area (Å²) in [5, 5.41) is 2.81. The lowest BCUT2D eigenvalue weighted by atomic mass is 10.1. The summed E-state index contributed by atoms with van der Waals surface area (Å²) in [6.45, 7) is 5.55. The van der Waals surface area contributed by atoms with Crippen molar-refractivity contribution in [2.75, 3.05) is 26.5 Å². The normalized spacial score (nSPS) is 11.5. The number of amides is 1. The first-order valence-electron chi connectivity index (χ1n) is 8.07. The molecule has 0 spiro atoms. The van der Waals surface area contributed by atoms with E-state index in [1.54, 1.807) is 31.4 Å². The molecule has 0 fully saturated rings. The van der Waals surface area contributed by atoms with Crippen molar-refractivity contribution in [2.45, 2.75) is 25.7 Å². The second kappa shape index (κ2) is 7.47. The average molecular weight is 376 g/mol. The molecule has 0 radical (unpaired) electrons. The number of benzene rings is 2. The molecule has 0 heterocycles. The number of nitrogens with zero attached hydrogens (tertiary/aromatic N) is 1. The van der Waals surface area contributed by atoms with Crippen LogP contribution >= 0.6 is 0 Å². The number of methoxy groups -OCH3 is 1. The number of hydrogen-bond donors (Lipinski definition) is 1. The van der Waals surface area contributed by atoms with Crippen LogP contribution in [0.25, 0.3) is 0 Å². The molecule has 26 heavy (non-hydrogen) atoms. The van der Waals surface area contributed by atoms with Gasteiger partial charge >= 0.3 is 0 Å². The van der Waals surface area contributed by atoms with Crippen LogP contribution in [0, 0.1) is 20.8 Å². The lowest BCUT2D eigenvalue weighted by molar-refractivity contribution is 0.102. The number of sulfonamides is 1. The van der Waals surface area contributed by atoms with Gasteiger partial charge in [-0.1, -0.05) is 6.07 Å². The molecule has 0 aliphatic heterocycles. The highest BCUT2D eigenvalue weighted by molar-refractivity contribution is 7.89. The zero-order chi connectivity index (χ0) is 19.6. The largest absolute Gasteiger partial charge is 0.496 e. The first-order chi connectivity index (χ1) is 12.1. The number of carbonyl (C=O) groups excluding carboxylic acids is 1. The Kier molecular flexibility index (Phi) is 5.73. The Labute approximate surface area is 154 Å². The van der Waals surface area contributed by atoms with Crippen molar-refractivity contribution < 1.29 is 17.9 Å². The molecule has 2 aromatic rings. The maximum Gasteiger partial charge on any atom is 0.255 e. The van der Waals surface area contributed by atoms with Crippen LogP contribution in [0.5, 0.6) is 5.75 Å². The molecule has 2 aromatic carbocycles. The second-order valence-electron chi connectivity index (χ2n) is 6.34. The van der Waals surface area contributed by atoms with Gasteiger partial charge in [0, 0.05) is 25.3 Å². The number of carbonyl (C=O) groups is 1. The summed E-state index contributed by atoms with van der Waals surface area (Å²) in [7, 11) is 0.903. The Balaban J connectivity index is 2.43. The van der Waals surface area contributed by atoms with Gasteiger partial charge in [-0.2, -0.15) is 0 Å². The van der Waals surface area contributed by atoms with E-state index in [1.165, 1.54) is 20.2 Å².